The Labute approximate surface area is 216 Å². The summed E-state index contributed by atoms with van der Waals surface area (Å²) in [6.45, 7) is 2.48. The second-order valence-corrected chi connectivity index (χ2v) is 9.66. The average molecular weight is 499 g/mol. The van der Waals surface area contributed by atoms with Crippen molar-refractivity contribution in [1.29, 1.82) is 0 Å². The zero-order chi connectivity index (χ0) is 25.9. The van der Waals surface area contributed by atoms with Crippen LogP contribution in [0, 0.1) is 11.8 Å². The number of nitrogens with zero attached hydrogens (tertiary/aromatic N) is 1. The molecule has 1 fully saturated rings. The van der Waals surface area contributed by atoms with Crippen molar-refractivity contribution in [1.82, 2.24) is 0 Å². The van der Waals surface area contributed by atoms with Crippen molar-refractivity contribution >= 4 is 29.2 Å². The van der Waals surface area contributed by atoms with E-state index in [2.05, 4.69) is 5.32 Å². The first-order valence-electron chi connectivity index (χ1n) is 12.8. The molecule has 37 heavy (non-hydrogen) atoms. The summed E-state index contributed by atoms with van der Waals surface area (Å²) in [5.41, 5.74) is 3.78. The molecule has 1 aliphatic heterocycles. The smallest absolute Gasteiger partial charge is 0.326 e. The number of hydrogen-bond donors (Lipinski definition) is 2. The predicted octanol–water partition coefficient (Wildman–Crippen LogP) is 6.25. The molecule has 1 aliphatic carbocycles. The first kappa shape index (κ1) is 24.6. The minimum absolute atomic E-state index is 0.101. The highest BCUT2D eigenvalue weighted by atomic mass is 16.5. The summed E-state index contributed by atoms with van der Waals surface area (Å²) in [6, 6.07) is 22.2. The molecule has 3 aromatic carbocycles. The molecular weight excluding hydrogens is 468 g/mol. The van der Waals surface area contributed by atoms with Gasteiger partial charge in [0.1, 0.15) is 11.9 Å². The number of benzene rings is 3. The lowest BCUT2D eigenvalue weighted by Crippen LogP contribution is -2.45. The van der Waals surface area contributed by atoms with Gasteiger partial charge >= 0.3 is 12.0 Å². The summed E-state index contributed by atoms with van der Waals surface area (Å²) in [6.07, 6.45) is 2.57. The molecule has 0 spiro atoms. The van der Waals surface area contributed by atoms with E-state index in [9.17, 15) is 19.5 Å². The van der Waals surface area contributed by atoms with Crippen LogP contribution in [-0.2, 0) is 4.79 Å². The number of carbonyl (C=O) groups is 3. The molecule has 0 aromatic heterocycles. The van der Waals surface area contributed by atoms with Gasteiger partial charge in [-0.1, -0.05) is 61.9 Å². The van der Waals surface area contributed by atoms with E-state index < -0.39 is 17.8 Å². The normalized spacial score (nSPS) is 20.6. The molecule has 2 aliphatic rings. The van der Waals surface area contributed by atoms with Crippen LogP contribution in [0.3, 0.4) is 0 Å². The van der Waals surface area contributed by atoms with Gasteiger partial charge in [-0.15, -0.1) is 0 Å². The number of urea groups is 1. The molecule has 1 saturated carbocycles. The van der Waals surface area contributed by atoms with Crippen LogP contribution in [0.1, 0.15) is 43.0 Å². The molecule has 5 rings (SSSR count). The standard InChI is InChI=1S/C30H30N2O5/c1-2-23-18-32(30(36)31-22-7-4-3-5-8-22)26-16-15-21(17-27(26)37-23)19-11-13-20(14-12-19)28(33)24-9-6-10-25(24)29(34)35/h3-5,7-8,11-17,23-25H,2,6,9-10,18H2,1H3,(H,31,36)(H,34,35)/t23?,24?,25-/m1/s1. The van der Waals surface area contributed by atoms with Crippen molar-refractivity contribution in [3.05, 3.63) is 78.4 Å². The van der Waals surface area contributed by atoms with Gasteiger partial charge in [-0.25, -0.2) is 4.79 Å². The number of aliphatic carboxylic acids is 1. The monoisotopic (exact) mass is 498 g/mol. The lowest BCUT2D eigenvalue weighted by atomic mass is 9.88. The van der Waals surface area contributed by atoms with Gasteiger partial charge in [0.25, 0.3) is 0 Å². The van der Waals surface area contributed by atoms with Crippen LogP contribution < -0.4 is 15.0 Å². The van der Waals surface area contributed by atoms with Gasteiger partial charge in [0.15, 0.2) is 5.78 Å². The van der Waals surface area contributed by atoms with E-state index in [-0.39, 0.29) is 17.9 Å². The number of ketones is 1. The number of anilines is 2. The van der Waals surface area contributed by atoms with E-state index in [0.29, 0.717) is 36.4 Å². The topological polar surface area (TPSA) is 95.9 Å². The summed E-state index contributed by atoms with van der Waals surface area (Å²) >= 11 is 0. The first-order chi connectivity index (χ1) is 17.9. The molecule has 0 radical (unpaired) electrons. The van der Waals surface area contributed by atoms with E-state index >= 15 is 0 Å². The molecule has 190 valence electrons. The third kappa shape index (κ3) is 5.07. The Morgan fingerprint density at radius 2 is 1.65 bits per heavy atom. The number of carboxylic acids is 1. The van der Waals surface area contributed by atoms with Gasteiger partial charge < -0.3 is 15.2 Å². The number of hydrogen-bond acceptors (Lipinski definition) is 4. The maximum absolute atomic E-state index is 13.1. The van der Waals surface area contributed by atoms with Crippen LogP contribution in [0.15, 0.2) is 72.8 Å². The van der Waals surface area contributed by atoms with Gasteiger partial charge in [-0.3, -0.25) is 14.5 Å². The van der Waals surface area contributed by atoms with Crippen LogP contribution in [0.2, 0.25) is 0 Å². The quantitative estimate of drug-likeness (QED) is 0.392. The minimum Gasteiger partial charge on any atom is -0.486 e. The predicted molar refractivity (Wildman–Crippen MR) is 142 cm³/mol. The van der Waals surface area contributed by atoms with Crippen molar-refractivity contribution in [2.45, 2.75) is 38.7 Å². The first-order valence-corrected chi connectivity index (χ1v) is 12.8. The van der Waals surface area contributed by atoms with Crippen molar-refractivity contribution in [2.24, 2.45) is 11.8 Å². The van der Waals surface area contributed by atoms with Crippen LogP contribution in [0.4, 0.5) is 16.2 Å². The molecule has 7 heteroatoms. The van der Waals surface area contributed by atoms with Crippen molar-refractivity contribution in [3.8, 4) is 16.9 Å². The molecule has 3 aromatic rings. The Kier molecular flexibility index (Phi) is 6.95. The number of carboxylic acid groups (broad SMARTS) is 1. The molecule has 2 unspecified atom stereocenters. The Morgan fingerprint density at radius 1 is 0.946 bits per heavy atom. The zero-order valence-electron chi connectivity index (χ0n) is 20.7. The summed E-state index contributed by atoms with van der Waals surface area (Å²) in [5, 5.41) is 12.4. The fraction of sp³-hybridized carbons (Fsp3) is 0.300. The van der Waals surface area contributed by atoms with Gasteiger partial charge in [-0.05, 0) is 54.7 Å². The highest BCUT2D eigenvalue weighted by molar-refractivity contribution is 6.03. The van der Waals surface area contributed by atoms with E-state index in [0.717, 1.165) is 29.7 Å². The Morgan fingerprint density at radius 3 is 2.35 bits per heavy atom. The van der Waals surface area contributed by atoms with Crippen LogP contribution >= 0.6 is 0 Å². The number of Topliss-reactive ketones (excluding diaryl/α,β-unsaturated/α-hetero) is 1. The number of fused-ring (bicyclic) bond motifs is 1. The van der Waals surface area contributed by atoms with Gasteiger partial charge in [0.2, 0.25) is 0 Å². The number of ether oxygens (including phenoxy) is 1. The summed E-state index contributed by atoms with van der Waals surface area (Å²) in [7, 11) is 0. The fourth-order valence-corrected chi connectivity index (χ4v) is 5.26. The van der Waals surface area contributed by atoms with Crippen molar-refractivity contribution < 1.29 is 24.2 Å². The number of amides is 2. The van der Waals surface area contributed by atoms with Gasteiger partial charge in [-0.2, -0.15) is 0 Å². The molecule has 0 bridgehead atoms. The Hall–Kier alpha value is -4.13. The lowest BCUT2D eigenvalue weighted by molar-refractivity contribution is -0.142. The lowest BCUT2D eigenvalue weighted by Gasteiger charge is -2.35. The third-order valence-corrected chi connectivity index (χ3v) is 7.33. The van der Waals surface area contributed by atoms with E-state index in [1.807, 2.05) is 67.6 Å². The zero-order valence-corrected chi connectivity index (χ0v) is 20.7. The molecule has 0 saturated heterocycles. The minimum atomic E-state index is -0.890. The molecular formula is C30H30N2O5. The summed E-state index contributed by atoms with van der Waals surface area (Å²) in [5.74, 6) is -1.42. The van der Waals surface area contributed by atoms with E-state index in [1.165, 1.54) is 0 Å². The van der Waals surface area contributed by atoms with Gasteiger partial charge in [0, 0.05) is 17.2 Å². The molecule has 2 amide bonds. The second kappa shape index (κ2) is 10.5. The molecule has 3 atom stereocenters. The SMILES string of the molecule is CCC1CN(C(=O)Nc2ccccc2)c2ccc(-c3ccc(C(=O)C4CCC[C@H]4C(=O)O)cc3)cc2O1. The Balaban J connectivity index is 1.37. The van der Waals surface area contributed by atoms with Crippen LogP contribution in [-0.4, -0.2) is 35.5 Å². The molecule has 2 N–H and O–H groups in total. The molecule has 7 nitrogen and oxygen atoms in total. The molecule has 1 heterocycles. The maximum atomic E-state index is 13.1. The van der Waals surface area contributed by atoms with Gasteiger partial charge in [0.05, 0.1) is 18.2 Å². The van der Waals surface area contributed by atoms with Crippen molar-refractivity contribution in [2.75, 3.05) is 16.8 Å². The number of rotatable bonds is 6. The summed E-state index contributed by atoms with van der Waals surface area (Å²) in [4.78, 5) is 39.3. The van der Waals surface area contributed by atoms with E-state index in [1.54, 1.807) is 17.0 Å². The number of nitrogens with one attached hydrogen (secondary N) is 1. The van der Waals surface area contributed by atoms with Crippen LogP contribution in [0.5, 0.6) is 5.75 Å². The second-order valence-electron chi connectivity index (χ2n) is 9.66. The number of para-hydroxylation sites is 1. The fourth-order valence-electron chi connectivity index (χ4n) is 5.26. The van der Waals surface area contributed by atoms with Crippen LogP contribution in [0.25, 0.3) is 11.1 Å². The van der Waals surface area contributed by atoms with E-state index in [4.69, 9.17) is 4.74 Å². The summed E-state index contributed by atoms with van der Waals surface area (Å²) < 4.78 is 6.21. The highest BCUT2D eigenvalue weighted by Crippen LogP contribution is 2.39. The largest absolute Gasteiger partial charge is 0.486 e. The van der Waals surface area contributed by atoms with Crippen molar-refractivity contribution in [3.63, 3.8) is 0 Å². The maximum Gasteiger partial charge on any atom is 0.326 e. The highest BCUT2D eigenvalue weighted by Gasteiger charge is 2.38. The number of carbonyl (C=O) groups excluding carboxylic acids is 2. The average Bonchev–Trinajstić information content (AvgIpc) is 3.43. The third-order valence-electron chi connectivity index (χ3n) is 7.33. The Bertz CT molecular complexity index is 1310.